The molecule has 4 nitrogen and oxygen atoms in total. The predicted molar refractivity (Wildman–Crippen MR) is 86.6 cm³/mol. The SMILES string of the molecule is O=C(COC(=O)C1(c2ccccc2)CC1)NCc1ccccc1. The van der Waals surface area contributed by atoms with E-state index in [1.54, 1.807) is 0 Å². The molecule has 2 aromatic rings. The maximum absolute atomic E-state index is 12.3. The quantitative estimate of drug-likeness (QED) is 0.834. The van der Waals surface area contributed by atoms with Crippen LogP contribution in [-0.4, -0.2) is 18.5 Å². The van der Waals surface area contributed by atoms with Crippen LogP contribution in [0.4, 0.5) is 0 Å². The van der Waals surface area contributed by atoms with Gasteiger partial charge in [-0.1, -0.05) is 60.7 Å². The standard InChI is InChI=1S/C19H19NO3/c21-17(20-13-15-7-3-1-4-8-15)14-23-18(22)19(11-12-19)16-9-5-2-6-10-16/h1-10H,11-14H2,(H,20,21). The summed E-state index contributed by atoms with van der Waals surface area (Å²) in [6.45, 7) is 0.196. The molecule has 23 heavy (non-hydrogen) atoms. The molecule has 118 valence electrons. The fourth-order valence-electron chi connectivity index (χ4n) is 2.61. The zero-order valence-corrected chi connectivity index (χ0v) is 12.8. The van der Waals surface area contributed by atoms with E-state index in [9.17, 15) is 9.59 Å². The van der Waals surface area contributed by atoms with Crippen LogP contribution in [0.2, 0.25) is 0 Å². The van der Waals surface area contributed by atoms with Crippen molar-refractivity contribution in [1.82, 2.24) is 5.32 Å². The number of carbonyl (C=O) groups is 2. The van der Waals surface area contributed by atoms with Crippen molar-refractivity contribution in [3.8, 4) is 0 Å². The summed E-state index contributed by atoms with van der Waals surface area (Å²) in [4.78, 5) is 24.1. The second-order valence-corrected chi connectivity index (χ2v) is 5.79. The van der Waals surface area contributed by atoms with Crippen LogP contribution < -0.4 is 5.32 Å². The van der Waals surface area contributed by atoms with Gasteiger partial charge < -0.3 is 10.1 Å². The van der Waals surface area contributed by atoms with Gasteiger partial charge in [0.15, 0.2) is 6.61 Å². The first-order valence-corrected chi connectivity index (χ1v) is 7.74. The van der Waals surface area contributed by atoms with Gasteiger partial charge in [-0.2, -0.15) is 0 Å². The molecule has 0 unspecified atom stereocenters. The Hall–Kier alpha value is -2.62. The van der Waals surface area contributed by atoms with E-state index in [1.165, 1.54) is 0 Å². The van der Waals surface area contributed by atoms with Gasteiger partial charge in [0.05, 0.1) is 5.41 Å². The van der Waals surface area contributed by atoms with Gasteiger partial charge in [-0.05, 0) is 24.0 Å². The van der Waals surface area contributed by atoms with Crippen molar-refractivity contribution >= 4 is 11.9 Å². The molecular weight excluding hydrogens is 290 g/mol. The third-order valence-electron chi connectivity index (χ3n) is 4.13. The summed E-state index contributed by atoms with van der Waals surface area (Å²) in [5, 5.41) is 2.75. The predicted octanol–water partition coefficient (Wildman–Crippen LogP) is 2.58. The molecule has 1 saturated carbocycles. The minimum absolute atomic E-state index is 0.236. The van der Waals surface area contributed by atoms with Crippen molar-refractivity contribution in [3.63, 3.8) is 0 Å². The van der Waals surface area contributed by atoms with Crippen LogP contribution in [0, 0.1) is 0 Å². The van der Waals surface area contributed by atoms with Gasteiger partial charge in [-0.15, -0.1) is 0 Å². The summed E-state index contributed by atoms with van der Waals surface area (Å²) in [6.07, 6.45) is 1.56. The molecule has 3 rings (SSSR count). The highest BCUT2D eigenvalue weighted by atomic mass is 16.5. The zero-order chi connectivity index (χ0) is 16.1. The van der Waals surface area contributed by atoms with Crippen LogP contribution in [0.3, 0.4) is 0 Å². The third kappa shape index (κ3) is 3.59. The molecule has 1 amide bonds. The van der Waals surface area contributed by atoms with Crippen LogP contribution in [-0.2, 0) is 26.3 Å². The van der Waals surface area contributed by atoms with Crippen molar-refractivity contribution in [1.29, 1.82) is 0 Å². The van der Waals surface area contributed by atoms with Crippen molar-refractivity contribution in [2.24, 2.45) is 0 Å². The number of hydrogen-bond donors (Lipinski definition) is 1. The van der Waals surface area contributed by atoms with Gasteiger partial charge in [-0.3, -0.25) is 9.59 Å². The lowest BCUT2D eigenvalue weighted by atomic mass is 9.96. The van der Waals surface area contributed by atoms with E-state index in [0.717, 1.165) is 24.0 Å². The maximum atomic E-state index is 12.3. The Morgan fingerprint density at radius 3 is 2.17 bits per heavy atom. The molecule has 0 bridgehead atoms. The Kier molecular flexibility index (Phi) is 4.42. The first-order valence-electron chi connectivity index (χ1n) is 7.74. The van der Waals surface area contributed by atoms with Gasteiger partial charge >= 0.3 is 5.97 Å². The normalized spacial score (nSPS) is 14.8. The highest BCUT2D eigenvalue weighted by Crippen LogP contribution is 2.49. The Labute approximate surface area is 135 Å². The van der Waals surface area contributed by atoms with Crippen molar-refractivity contribution in [2.75, 3.05) is 6.61 Å². The molecular formula is C19H19NO3. The summed E-state index contributed by atoms with van der Waals surface area (Å²) < 4.78 is 5.22. The Morgan fingerprint density at radius 2 is 1.57 bits per heavy atom. The lowest BCUT2D eigenvalue weighted by Gasteiger charge is -2.14. The molecule has 1 N–H and O–H groups in total. The van der Waals surface area contributed by atoms with E-state index in [1.807, 2.05) is 60.7 Å². The number of ether oxygens (including phenoxy) is 1. The van der Waals surface area contributed by atoms with E-state index in [0.29, 0.717) is 6.54 Å². The number of rotatable bonds is 6. The van der Waals surface area contributed by atoms with Crippen LogP contribution in [0.1, 0.15) is 24.0 Å². The minimum Gasteiger partial charge on any atom is -0.455 e. The summed E-state index contributed by atoms with van der Waals surface area (Å²) in [5.74, 6) is -0.593. The Bertz CT molecular complexity index is 678. The third-order valence-corrected chi connectivity index (χ3v) is 4.13. The average molecular weight is 309 g/mol. The molecule has 0 radical (unpaired) electrons. The summed E-state index contributed by atoms with van der Waals surface area (Å²) >= 11 is 0. The first-order chi connectivity index (χ1) is 11.2. The van der Waals surface area contributed by atoms with Gasteiger partial charge in [0, 0.05) is 6.54 Å². The number of hydrogen-bond acceptors (Lipinski definition) is 3. The monoisotopic (exact) mass is 309 g/mol. The largest absolute Gasteiger partial charge is 0.455 e. The lowest BCUT2D eigenvalue weighted by molar-refractivity contribution is -0.151. The minimum atomic E-state index is -0.541. The average Bonchev–Trinajstić information content (AvgIpc) is 3.41. The molecule has 0 spiro atoms. The zero-order valence-electron chi connectivity index (χ0n) is 12.8. The number of carbonyl (C=O) groups excluding carboxylic acids is 2. The number of nitrogens with one attached hydrogen (secondary N) is 1. The van der Waals surface area contributed by atoms with Crippen molar-refractivity contribution in [2.45, 2.75) is 24.8 Å². The molecule has 0 aromatic heterocycles. The summed E-state index contributed by atoms with van der Waals surface area (Å²) in [5.41, 5.74) is 1.44. The molecule has 1 aliphatic carbocycles. The van der Waals surface area contributed by atoms with E-state index in [4.69, 9.17) is 4.74 Å². The molecule has 4 heteroatoms. The number of amides is 1. The van der Waals surface area contributed by atoms with Crippen LogP contribution in [0.25, 0.3) is 0 Å². The van der Waals surface area contributed by atoms with E-state index in [2.05, 4.69) is 5.32 Å². The Balaban J connectivity index is 1.48. The molecule has 2 aromatic carbocycles. The first kappa shape index (κ1) is 15.3. The number of benzene rings is 2. The van der Waals surface area contributed by atoms with Crippen LogP contribution >= 0.6 is 0 Å². The highest BCUT2D eigenvalue weighted by molar-refractivity contribution is 5.88. The van der Waals surface area contributed by atoms with Gasteiger partial charge in [0.2, 0.25) is 0 Å². The second kappa shape index (κ2) is 6.65. The summed E-state index contributed by atoms with van der Waals surface area (Å²) in [6, 6.07) is 19.2. The van der Waals surface area contributed by atoms with Gasteiger partial charge in [0.25, 0.3) is 5.91 Å². The number of esters is 1. The fraction of sp³-hybridized carbons (Fsp3) is 0.263. The maximum Gasteiger partial charge on any atom is 0.317 e. The molecule has 0 atom stereocenters. The van der Waals surface area contributed by atoms with E-state index in [-0.39, 0.29) is 18.5 Å². The van der Waals surface area contributed by atoms with Crippen molar-refractivity contribution < 1.29 is 14.3 Å². The van der Waals surface area contributed by atoms with Crippen LogP contribution in [0.15, 0.2) is 60.7 Å². The highest BCUT2D eigenvalue weighted by Gasteiger charge is 2.52. The molecule has 1 fully saturated rings. The lowest BCUT2D eigenvalue weighted by Crippen LogP contribution is -2.31. The second-order valence-electron chi connectivity index (χ2n) is 5.79. The van der Waals surface area contributed by atoms with Crippen molar-refractivity contribution in [3.05, 3.63) is 71.8 Å². The van der Waals surface area contributed by atoms with Gasteiger partial charge in [0.1, 0.15) is 0 Å². The molecule has 1 aliphatic rings. The topological polar surface area (TPSA) is 55.4 Å². The summed E-state index contributed by atoms with van der Waals surface area (Å²) in [7, 11) is 0. The van der Waals surface area contributed by atoms with E-state index >= 15 is 0 Å². The molecule has 0 heterocycles. The van der Waals surface area contributed by atoms with Gasteiger partial charge in [-0.25, -0.2) is 0 Å². The van der Waals surface area contributed by atoms with E-state index < -0.39 is 5.41 Å². The Morgan fingerprint density at radius 1 is 0.957 bits per heavy atom. The van der Waals surface area contributed by atoms with Crippen LogP contribution in [0.5, 0.6) is 0 Å². The smallest absolute Gasteiger partial charge is 0.317 e. The molecule has 0 aliphatic heterocycles. The molecule has 0 saturated heterocycles. The fourth-order valence-corrected chi connectivity index (χ4v) is 2.61.